The number of rotatable bonds is 9. The fourth-order valence-electron chi connectivity index (χ4n) is 3.70. The summed E-state index contributed by atoms with van der Waals surface area (Å²) in [7, 11) is 1.98. The van der Waals surface area contributed by atoms with Gasteiger partial charge in [0.1, 0.15) is 17.9 Å². The minimum atomic E-state index is -1.29. The molecule has 0 aromatic heterocycles. The van der Waals surface area contributed by atoms with Gasteiger partial charge in [-0.15, -0.1) is 0 Å². The van der Waals surface area contributed by atoms with Crippen LogP contribution in [0.25, 0.3) is 0 Å². The number of nitrogens with zero attached hydrogens (tertiary/aromatic N) is 2. The Morgan fingerprint density at radius 1 is 1.13 bits per heavy atom. The highest BCUT2D eigenvalue weighted by molar-refractivity contribution is 6.09. The second-order valence-electron chi connectivity index (χ2n) is 7.55. The minimum Gasteiger partial charge on any atom is -0.375 e. The lowest BCUT2D eigenvalue weighted by molar-refractivity contribution is -0.135. The molecule has 3 rings (SSSR count). The Morgan fingerprint density at radius 3 is 2.45 bits per heavy atom. The van der Waals surface area contributed by atoms with E-state index in [9.17, 15) is 18.8 Å². The third-order valence-corrected chi connectivity index (χ3v) is 5.53. The number of hydrogen-bond acceptors (Lipinski definition) is 4. The first-order valence-electron chi connectivity index (χ1n) is 10.3. The van der Waals surface area contributed by atoms with E-state index in [1.165, 1.54) is 24.3 Å². The van der Waals surface area contributed by atoms with E-state index in [-0.39, 0.29) is 13.0 Å². The van der Waals surface area contributed by atoms with Crippen LogP contribution < -0.4 is 15.5 Å². The van der Waals surface area contributed by atoms with Gasteiger partial charge in [-0.2, -0.15) is 0 Å². The number of benzene rings is 2. The first-order valence-corrected chi connectivity index (χ1v) is 10.3. The maximum absolute atomic E-state index is 13.3. The number of carbonyl (C=O) groups is 3. The van der Waals surface area contributed by atoms with E-state index < -0.39 is 29.2 Å². The van der Waals surface area contributed by atoms with Crippen LogP contribution in [-0.2, 0) is 15.1 Å². The molecule has 164 valence electrons. The van der Waals surface area contributed by atoms with Crippen LogP contribution in [0.5, 0.6) is 0 Å². The number of hydrogen-bond donors (Lipinski definition) is 2. The van der Waals surface area contributed by atoms with E-state index in [1.807, 2.05) is 37.4 Å². The van der Waals surface area contributed by atoms with Gasteiger partial charge in [-0.05, 0) is 42.7 Å². The lowest BCUT2D eigenvalue weighted by Gasteiger charge is -2.25. The molecule has 4 amide bonds. The van der Waals surface area contributed by atoms with Crippen LogP contribution in [0.3, 0.4) is 0 Å². The van der Waals surface area contributed by atoms with E-state index in [0.29, 0.717) is 18.5 Å². The Kier molecular flexibility index (Phi) is 6.89. The molecule has 7 nitrogen and oxygen atoms in total. The number of amides is 4. The molecule has 1 fully saturated rings. The molecular weight excluding hydrogens is 399 g/mol. The summed E-state index contributed by atoms with van der Waals surface area (Å²) < 4.78 is 13.3. The van der Waals surface area contributed by atoms with Crippen molar-refractivity contribution in [2.45, 2.75) is 25.3 Å². The highest BCUT2D eigenvalue weighted by Crippen LogP contribution is 2.32. The highest BCUT2D eigenvalue weighted by atomic mass is 19.1. The first-order chi connectivity index (χ1) is 14.9. The van der Waals surface area contributed by atoms with Gasteiger partial charge < -0.3 is 15.5 Å². The molecule has 0 saturated carbocycles. The summed E-state index contributed by atoms with van der Waals surface area (Å²) in [4.78, 5) is 40.8. The number of urea groups is 1. The fourth-order valence-corrected chi connectivity index (χ4v) is 3.70. The summed E-state index contributed by atoms with van der Waals surface area (Å²) in [6.45, 7) is 2.57. The van der Waals surface area contributed by atoms with Gasteiger partial charge in [-0.1, -0.05) is 37.3 Å². The van der Waals surface area contributed by atoms with Gasteiger partial charge in [-0.25, -0.2) is 9.18 Å². The smallest absolute Gasteiger partial charge is 0.325 e. The Hall–Kier alpha value is -3.42. The number of para-hydroxylation sites is 1. The zero-order valence-corrected chi connectivity index (χ0v) is 17.7. The van der Waals surface area contributed by atoms with Gasteiger partial charge in [0.25, 0.3) is 5.91 Å². The Morgan fingerprint density at radius 2 is 1.81 bits per heavy atom. The maximum Gasteiger partial charge on any atom is 0.325 e. The van der Waals surface area contributed by atoms with Gasteiger partial charge in [-0.3, -0.25) is 14.5 Å². The molecule has 1 aliphatic rings. The molecule has 1 atom stereocenters. The Labute approximate surface area is 181 Å². The van der Waals surface area contributed by atoms with Crippen LogP contribution >= 0.6 is 0 Å². The summed E-state index contributed by atoms with van der Waals surface area (Å²) in [6, 6.07) is 14.7. The lowest BCUT2D eigenvalue weighted by Crippen LogP contribution is -2.45. The predicted molar refractivity (Wildman–Crippen MR) is 116 cm³/mol. The molecule has 1 heterocycles. The topological polar surface area (TPSA) is 81.8 Å². The van der Waals surface area contributed by atoms with Crippen molar-refractivity contribution in [2.24, 2.45) is 0 Å². The summed E-state index contributed by atoms with van der Waals surface area (Å²) in [6.07, 6.45) is 0.999. The van der Waals surface area contributed by atoms with Crippen molar-refractivity contribution < 1.29 is 18.8 Å². The summed E-state index contributed by atoms with van der Waals surface area (Å²) in [5, 5.41) is 5.45. The molecule has 0 aliphatic carbocycles. The molecule has 1 unspecified atom stereocenters. The average Bonchev–Trinajstić information content (AvgIpc) is 3.02. The minimum absolute atomic E-state index is 0.285. The van der Waals surface area contributed by atoms with Crippen LogP contribution in [0, 0.1) is 5.82 Å². The lowest BCUT2D eigenvalue weighted by atomic mass is 9.87. The monoisotopic (exact) mass is 426 g/mol. The first kappa shape index (κ1) is 22.3. The number of nitrogens with one attached hydrogen (secondary N) is 2. The number of anilines is 1. The van der Waals surface area contributed by atoms with E-state index in [0.717, 1.165) is 17.1 Å². The zero-order valence-electron chi connectivity index (χ0n) is 17.7. The molecule has 2 N–H and O–H groups in total. The third-order valence-electron chi connectivity index (χ3n) is 5.53. The fraction of sp³-hybridized carbons (Fsp3) is 0.348. The van der Waals surface area contributed by atoms with Crippen LogP contribution in [-0.4, -0.2) is 49.4 Å². The standard InChI is InChI=1S/C23H27FN4O3/c1-3-23(17-10-12-18(24)13-11-17)21(30)28(22(31)26-23)16-20(29)25-14-7-15-27(2)19-8-5-4-6-9-19/h4-6,8-13H,3,7,14-16H2,1-2H3,(H,25,29)(H,26,31). The zero-order chi connectivity index (χ0) is 22.4. The molecule has 1 aliphatic heterocycles. The Balaban J connectivity index is 1.53. The van der Waals surface area contributed by atoms with Crippen molar-refractivity contribution >= 4 is 23.5 Å². The highest BCUT2D eigenvalue weighted by Gasteiger charge is 2.51. The summed E-state index contributed by atoms with van der Waals surface area (Å²) >= 11 is 0. The van der Waals surface area contributed by atoms with Gasteiger partial charge in [0.05, 0.1) is 0 Å². The average molecular weight is 426 g/mol. The second-order valence-corrected chi connectivity index (χ2v) is 7.55. The van der Waals surface area contributed by atoms with Crippen molar-refractivity contribution in [2.75, 3.05) is 31.6 Å². The predicted octanol–water partition coefficient (Wildman–Crippen LogP) is 2.63. The molecule has 1 saturated heterocycles. The molecule has 0 radical (unpaired) electrons. The molecule has 0 bridgehead atoms. The van der Waals surface area contributed by atoms with Crippen LogP contribution in [0.2, 0.25) is 0 Å². The quantitative estimate of drug-likeness (QED) is 0.477. The van der Waals surface area contributed by atoms with Crippen molar-refractivity contribution in [3.8, 4) is 0 Å². The van der Waals surface area contributed by atoms with E-state index >= 15 is 0 Å². The molecular formula is C23H27FN4O3. The molecule has 8 heteroatoms. The third kappa shape index (κ3) is 4.84. The van der Waals surface area contributed by atoms with Gasteiger partial charge in [0.15, 0.2) is 0 Å². The van der Waals surface area contributed by atoms with E-state index in [2.05, 4.69) is 15.5 Å². The van der Waals surface area contributed by atoms with E-state index in [1.54, 1.807) is 6.92 Å². The van der Waals surface area contributed by atoms with Crippen molar-refractivity contribution in [1.29, 1.82) is 0 Å². The summed E-state index contributed by atoms with van der Waals surface area (Å²) in [5.74, 6) is -1.34. The van der Waals surface area contributed by atoms with Crippen LogP contribution in [0.15, 0.2) is 54.6 Å². The number of carbonyl (C=O) groups excluding carboxylic acids is 3. The second kappa shape index (κ2) is 9.59. The molecule has 2 aromatic carbocycles. The largest absolute Gasteiger partial charge is 0.375 e. The molecule has 31 heavy (non-hydrogen) atoms. The van der Waals surface area contributed by atoms with Gasteiger partial charge in [0, 0.05) is 25.8 Å². The van der Waals surface area contributed by atoms with Crippen molar-refractivity contribution in [3.05, 3.63) is 66.0 Å². The van der Waals surface area contributed by atoms with Crippen molar-refractivity contribution in [1.82, 2.24) is 15.5 Å². The molecule has 2 aromatic rings. The Bertz CT molecular complexity index is 936. The number of imide groups is 1. The van der Waals surface area contributed by atoms with Gasteiger partial charge >= 0.3 is 6.03 Å². The van der Waals surface area contributed by atoms with E-state index in [4.69, 9.17) is 0 Å². The molecule has 0 spiro atoms. The SMILES string of the molecule is CCC1(c2ccc(F)cc2)NC(=O)N(CC(=O)NCCCN(C)c2ccccc2)C1=O. The van der Waals surface area contributed by atoms with Crippen LogP contribution in [0.1, 0.15) is 25.3 Å². The number of halogens is 1. The van der Waals surface area contributed by atoms with Gasteiger partial charge in [0.2, 0.25) is 5.91 Å². The summed E-state index contributed by atoms with van der Waals surface area (Å²) in [5.41, 5.74) is 0.287. The van der Waals surface area contributed by atoms with Crippen LogP contribution in [0.4, 0.5) is 14.9 Å². The maximum atomic E-state index is 13.3. The van der Waals surface area contributed by atoms with Crippen molar-refractivity contribution in [3.63, 3.8) is 0 Å². The normalized spacial score (nSPS) is 18.1.